The maximum Gasteiger partial charge on any atom is 0.407 e. The Bertz CT molecular complexity index is 415. The number of ketones is 1. The summed E-state index contributed by atoms with van der Waals surface area (Å²) in [7, 11) is 0. The number of carbonyl (C=O) groups excluding carboxylic acids is 1. The number of rotatable bonds is 2. The molecule has 0 atom stereocenters. The van der Waals surface area contributed by atoms with Crippen molar-refractivity contribution in [1.29, 1.82) is 0 Å². The molecular weight excluding hydrogens is 269 g/mol. The van der Waals surface area contributed by atoms with Crippen molar-refractivity contribution >= 4 is 5.78 Å². The molecule has 8 heteroatoms. The molecule has 1 nitrogen and oxygen atoms in total. The molecule has 0 N–H and O–H groups in total. The second kappa shape index (κ2) is 4.58. The lowest BCUT2D eigenvalue weighted by molar-refractivity contribution is -0.264. The molecule has 100 valence electrons. The molecule has 0 aliphatic carbocycles. The van der Waals surface area contributed by atoms with Gasteiger partial charge in [0.1, 0.15) is 5.82 Å². The van der Waals surface area contributed by atoms with Crippen LogP contribution in [0.15, 0.2) is 24.3 Å². The van der Waals surface area contributed by atoms with Gasteiger partial charge < -0.3 is 0 Å². The molecule has 0 heterocycles. The van der Waals surface area contributed by atoms with E-state index in [0.29, 0.717) is 24.3 Å². The molecule has 0 aliphatic heterocycles. The highest BCUT2D eigenvalue weighted by Gasteiger charge is 2.60. The summed E-state index contributed by atoms with van der Waals surface area (Å²) in [6, 6.07) is 2.36. The zero-order chi connectivity index (χ0) is 14.1. The molecule has 1 aromatic carbocycles. The minimum atomic E-state index is -5.75. The van der Waals surface area contributed by atoms with Crippen molar-refractivity contribution in [2.24, 2.45) is 5.92 Å². The number of Topliss-reactive ketones (excluding diaryl/α,β-unsaturated/α-hetero) is 1. The standard InChI is InChI=1S/C10H5F7O/c11-6-3-1-5(2-4-6)7(18)8(9(12,13)14)10(15,16)17/h1-4,8H. The fourth-order valence-corrected chi connectivity index (χ4v) is 1.26. The quantitative estimate of drug-likeness (QED) is 0.593. The third-order valence-electron chi connectivity index (χ3n) is 2.05. The number of hydrogen-bond acceptors (Lipinski definition) is 1. The first-order valence-corrected chi connectivity index (χ1v) is 4.46. The molecule has 0 radical (unpaired) electrons. The maximum atomic E-state index is 12.5. The molecule has 0 amide bonds. The average molecular weight is 274 g/mol. The molecular formula is C10H5F7O. The van der Waals surface area contributed by atoms with Crippen molar-refractivity contribution in [2.75, 3.05) is 0 Å². The number of benzene rings is 1. The topological polar surface area (TPSA) is 17.1 Å². The minimum absolute atomic E-state index is 0.572. The van der Waals surface area contributed by atoms with Crippen molar-refractivity contribution in [2.45, 2.75) is 12.4 Å². The lowest BCUT2D eigenvalue weighted by Crippen LogP contribution is -2.42. The molecule has 0 bridgehead atoms. The Morgan fingerprint density at radius 2 is 1.28 bits per heavy atom. The molecule has 0 unspecified atom stereocenters. The molecule has 1 rings (SSSR count). The summed E-state index contributed by atoms with van der Waals surface area (Å²) >= 11 is 0. The molecule has 0 fully saturated rings. The molecule has 18 heavy (non-hydrogen) atoms. The fraction of sp³-hybridized carbons (Fsp3) is 0.300. The second-order valence-electron chi connectivity index (χ2n) is 3.39. The van der Waals surface area contributed by atoms with Crippen molar-refractivity contribution in [3.05, 3.63) is 35.6 Å². The molecule has 0 aliphatic rings. The van der Waals surface area contributed by atoms with Gasteiger partial charge in [0.15, 0.2) is 5.78 Å². The first kappa shape index (κ1) is 14.5. The van der Waals surface area contributed by atoms with E-state index < -0.39 is 35.4 Å². The largest absolute Gasteiger partial charge is 0.407 e. The van der Waals surface area contributed by atoms with E-state index in [4.69, 9.17) is 0 Å². The smallest absolute Gasteiger partial charge is 0.293 e. The van der Waals surface area contributed by atoms with Crippen molar-refractivity contribution < 1.29 is 35.5 Å². The van der Waals surface area contributed by atoms with Crippen LogP contribution in [0, 0.1) is 11.7 Å². The van der Waals surface area contributed by atoms with Crippen molar-refractivity contribution in [3.63, 3.8) is 0 Å². The predicted octanol–water partition coefficient (Wildman–Crippen LogP) is 3.75. The van der Waals surface area contributed by atoms with Gasteiger partial charge in [0.05, 0.1) is 0 Å². The van der Waals surface area contributed by atoms with Gasteiger partial charge in [0, 0.05) is 5.56 Å². The van der Waals surface area contributed by atoms with Gasteiger partial charge in [0.25, 0.3) is 0 Å². The zero-order valence-corrected chi connectivity index (χ0v) is 8.44. The van der Waals surface area contributed by atoms with E-state index in [1.54, 1.807) is 0 Å². The van der Waals surface area contributed by atoms with Crippen LogP contribution in [0.2, 0.25) is 0 Å². The molecule has 0 aromatic heterocycles. The Morgan fingerprint density at radius 3 is 1.61 bits per heavy atom. The van der Waals surface area contributed by atoms with Gasteiger partial charge in [-0.2, -0.15) is 26.3 Å². The Balaban J connectivity index is 3.16. The SMILES string of the molecule is O=C(c1ccc(F)cc1)C(C(F)(F)F)C(F)(F)F. The lowest BCUT2D eigenvalue weighted by atomic mass is 9.96. The highest BCUT2D eigenvalue weighted by molar-refractivity contribution is 5.98. The van der Waals surface area contributed by atoms with E-state index >= 15 is 0 Å². The summed E-state index contributed by atoms with van der Waals surface area (Å²) in [5.74, 6) is -7.13. The van der Waals surface area contributed by atoms with Gasteiger partial charge in [-0.3, -0.25) is 4.79 Å². The second-order valence-corrected chi connectivity index (χ2v) is 3.39. The monoisotopic (exact) mass is 274 g/mol. The van der Waals surface area contributed by atoms with Crippen LogP contribution >= 0.6 is 0 Å². The minimum Gasteiger partial charge on any atom is -0.293 e. The van der Waals surface area contributed by atoms with Crippen LogP contribution in [-0.2, 0) is 0 Å². The summed E-state index contributed by atoms with van der Waals surface area (Å²) in [4.78, 5) is 11.2. The van der Waals surface area contributed by atoms with Gasteiger partial charge in [-0.15, -0.1) is 0 Å². The summed E-state index contributed by atoms with van der Waals surface area (Å²) in [6.45, 7) is 0. The highest BCUT2D eigenvalue weighted by atomic mass is 19.4. The van der Waals surface area contributed by atoms with Gasteiger partial charge in [-0.05, 0) is 24.3 Å². The Hall–Kier alpha value is -1.60. The molecule has 0 saturated carbocycles. The number of halogens is 7. The van der Waals surface area contributed by atoms with Crippen LogP contribution in [-0.4, -0.2) is 18.1 Å². The molecule has 0 saturated heterocycles. The van der Waals surface area contributed by atoms with Crippen LogP contribution in [0.3, 0.4) is 0 Å². The van der Waals surface area contributed by atoms with Crippen molar-refractivity contribution in [1.82, 2.24) is 0 Å². The van der Waals surface area contributed by atoms with Crippen LogP contribution in [0.4, 0.5) is 30.7 Å². The Labute approximate surface area is 96.2 Å². The lowest BCUT2D eigenvalue weighted by Gasteiger charge is -2.21. The Morgan fingerprint density at radius 1 is 0.889 bits per heavy atom. The van der Waals surface area contributed by atoms with E-state index in [0.717, 1.165) is 0 Å². The van der Waals surface area contributed by atoms with Crippen LogP contribution in [0.5, 0.6) is 0 Å². The van der Waals surface area contributed by atoms with Gasteiger partial charge in [-0.25, -0.2) is 4.39 Å². The summed E-state index contributed by atoms with van der Waals surface area (Å²) in [5, 5.41) is 0. The summed E-state index contributed by atoms with van der Waals surface area (Å²) in [6.07, 6.45) is -11.5. The Kier molecular flexibility index (Phi) is 3.68. The highest BCUT2D eigenvalue weighted by Crippen LogP contribution is 2.41. The van der Waals surface area contributed by atoms with E-state index in [9.17, 15) is 35.5 Å². The number of carbonyl (C=O) groups is 1. The third-order valence-corrected chi connectivity index (χ3v) is 2.05. The van der Waals surface area contributed by atoms with E-state index in [1.165, 1.54) is 0 Å². The maximum absolute atomic E-state index is 12.5. The zero-order valence-electron chi connectivity index (χ0n) is 8.44. The van der Waals surface area contributed by atoms with Crippen LogP contribution < -0.4 is 0 Å². The fourth-order valence-electron chi connectivity index (χ4n) is 1.26. The van der Waals surface area contributed by atoms with E-state index in [-0.39, 0.29) is 0 Å². The molecule has 0 spiro atoms. The van der Waals surface area contributed by atoms with E-state index in [2.05, 4.69) is 0 Å². The summed E-state index contributed by atoms with van der Waals surface area (Å²) in [5.41, 5.74) is -0.851. The normalized spacial score (nSPS) is 12.9. The van der Waals surface area contributed by atoms with Crippen LogP contribution in [0.1, 0.15) is 10.4 Å². The average Bonchev–Trinajstić information content (AvgIpc) is 2.13. The van der Waals surface area contributed by atoms with Gasteiger partial charge in [-0.1, -0.05) is 0 Å². The first-order valence-electron chi connectivity index (χ1n) is 4.46. The van der Waals surface area contributed by atoms with Crippen molar-refractivity contribution in [3.8, 4) is 0 Å². The number of hydrogen-bond donors (Lipinski definition) is 0. The van der Waals surface area contributed by atoms with Gasteiger partial charge in [0.2, 0.25) is 5.92 Å². The first-order chi connectivity index (χ1) is 8.03. The molecule has 1 aromatic rings. The predicted molar refractivity (Wildman–Crippen MR) is 46.3 cm³/mol. The number of alkyl halides is 6. The van der Waals surface area contributed by atoms with Gasteiger partial charge >= 0.3 is 12.4 Å². The van der Waals surface area contributed by atoms with Crippen LogP contribution in [0.25, 0.3) is 0 Å². The summed E-state index contributed by atoms with van der Waals surface area (Å²) < 4.78 is 85.8. The van der Waals surface area contributed by atoms with E-state index in [1.807, 2.05) is 0 Å². The third kappa shape index (κ3) is 3.21.